The van der Waals surface area contributed by atoms with Crippen LogP contribution in [0, 0.1) is 18.8 Å². The van der Waals surface area contributed by atoms with Crippen molar-refractivity contribution in [1.29, 1.82) is 0 Å². The molecule has 0 radical (unpaired) electrons. The molecule has 0 bridgehead atoms. The Labute approximate surface area is 297 Å². The molecular formula is C41H32N6O5. The van der Waals surface area contributed by atoms with Crippen LogP contribution in [0.4, 0.5) is 0 Å². The number of pyridine rings is 2. The molecule has 2 N–H and O–H groups in total. The zero-order chi connectivity index (χ0) is 36.1. The number of imidazole rings is 1. The summed E-state index contributed by atoms with van der Waals surface area (Å²) >= 11 is 0. The highest BCUT2D eigenvalue weighted by atomic mass is 16.3. The van der Waals surface area contributed by atoms with Crippen molar-refractivity contribution < 1.29 is 18.8 Å². The fourth-order valence-electron chi connectivity index (χ4n) is 6.90. The lowest BCUT2D eigenvalue weighted by Crippen LogP contribution is -2.39. The first-order valence-corrected chi connectivity index (χ1v) is 16.8. The van der Waals surface area contributed by atoms with Crippen LogP contribution in [0.3, 0.4) is 0 Å². The number of fused-ring (bicyclic) bond motifs is 3. The van der Waals surface area contributed by atoms with Crippen LogP contribution in [0.1, 0.15) is 45.9 Å². The van der Waals surface area contributed by atoms with Crippen LogP contribution in [0.15, 0.2) is 94.6 Å². The normalized spacial score (nSPS) is 14.4. The predicted octanol–water partition coefficient (Wildman–Crippen LogP) is 5.51. The molecule has 11 nitrogen and oxygen atoms in total. The van der Waals surface area contributed by atoms with Crippen molar-refractivity contribution in [1.82, 2.24) is 29.7 Å². The average Bonchev–Trinajstić information content (AvgIpc) is 3.67. The van der Waals surface area contributed by atoms with Gasteiger partial charge in [0.05, 0.1) is 35.5 Å². The van der Waals surface area contributed by atoms with E-state index in [1.54, 1.807) is 47.8 Å². The van der Waals surface area contributed by atoms with E-state index in [1.807, 2.05) is 48.7 Å². The van der Waals surface area contributed by atoms with Gasteiger partial charge in [0.25, 0.3) is 5.91 Å². The summed E-state index contributed by atoms with van der Waals surface area (Å²) in [7, 11) is 3.55. The third-order valence-electron chi connectivity index (χ3n) is 9.78. The summed E-state index contributed by atoms with van der Waals surface area (Å²) in [6.07, 6.45) is 5.76. The molecule has 1 unspecified atom stereocenters. The van der Waals surface area contributed by atoms with Gasteiger partial charge in [-0.1, -0.05) is 30.0 Å². The van der Waals surface area contributed by atoms with Gasteiger partial charge in [0, 0.05) is 60.4 Å². The summed E-state index contributed by atoms with van der Waals surface area (Å²) in [5, 5.41) is 7.99. The molecule has 0 saturated carbocycles. The maximum Gasteiger partial charge on any atom is 0.328 e. The van der Waals surface area contributed by atoms with Gasteiger partial charge in [-0.25, -0.2) is 4.79 Å². The van der Waals surface area contributed by atoms with Crippen LogP contribution in [0.5, 0.6) is 0 Å². The number of benzene rings is 3. The molecule has 3 aromatic carbocycles. The van der Waals surface area contributed by atoms with Crippen LogP contribution in [-0.2, 0) is 23.7 Å². The second kappa shape index (κ2) is 12.8. The molecule has 4 aromatic heterocycles. The van der Waals surface area contributed by atoms with Gasteiger partial charge in [0.15, 0.2) is 0 Å². The van der Waals surface area contributed by atoms with E-state index in [0.29, 0.717) is 17.6 Å². The molecule has 256 valence electrons. The van der Waals surface area contributed by atoms with Crippen molar-refractivity contribution in [2.45, 2.75) is 25.7 Å². The summed E-state index contributed by atoms with van der Waals surface area (Å²) < 4.78 is 8.95. The van der Waals surface area contributed by atoms with Gasteiger partial charge < -0.3 is 9.73 Å². The molecule has 0 spiro atoms. The van der Waals surface area contributed by atoms with Crippen LogP contribution in [0.2, 0.25) is 0 Å². The zero-order valence-electron chi connectivity index (χ0n) is 28.6. The molecule has 5 heterocycles. The summed E-state index contributed by atoms with van der Waals surface area (Å²) in [5.74, 6) is 4.61. The molecule has 8 rings (SSSR count). The van der Waals surface area contributed by atoms with Gasteiger partial charge in [0.1, 0.15) is 11.3 Å². The maximum atomic E-state index is 12.9. The van der Waals surface area contributed by atoms with Crippen LogP contribution in [-0.4, -0.2) is 43.4 Å². The lowest BCUT2D eigenvalue weighted by Gasteiger charge is -2.19. The number of amides is 3. The van der Waals surface area contributed by atoms with Crippen LogP contribution < -0.4 is 16.3 Å². The van der Waals surface area contributed by atoms with Gasteiger partial charge in [-0.15, -0.1) is 0 Å². The van der Waals surface area contributed by atoms with E-state index >= 15 is 0 Å². The molecule has 0 aliphatic carbocycles. The van der Waals surface area contributed by atoms with Crippen molar-refractivity contribution in [2.75, 3.05) is 6.54 Å². The number of hydrogen-bond acceptors (Lipinski definition) is 7. The first kappa shape index (κ1) is 32.4. The van der Waals surface area contributed by atoms with Crippen molar-refractivity contribution in [3.05, 3.63) is 118 Å². The lowest BCUT2D eigenvalue weighted by molar-refractivity contribution is -0.134. The minimum atomic E-state index is -0.463. The Morgan fingerprint density at radius 2 is 1.73 bits per heavy atom. The third kappa shape index (κ3) is 5.70. The molecule has 7 aromatic rings. The highest BCUT2D eigenvalue weighted by Gasteiger charge is 2.30. The smallest absolute Gasteiger partial charge is 0.328 e. The molecule has 11 heteroatoms. The van der Waals surface area contributed by atoms with Crippen molar-refractivity contribution >= 4 is 50.5 Å². The van der Waals surface area contributed by atoms with Crippen molar-refractivity contribution in [3.8, 4) is 34.2 Å². The van der Waals surface area contributed by atoms with Gasteiger partial charge in [-0.3, -0.25) is 38.8 Å². The summed E-state index contributed by atoms with van der Waals surface area (Å²) in [4.78, 5) is 58.5. The van der Waals surface area contributed by atoms with Gasteiger partial charge in [-0.2, -0.15) is 0 Å². The Balaban J connectivity index is 0.962. The van der Waals surface area contributed by atoms with E-state index in [0.717, 1.165) is 60.7 Å². The van der Waals surface area contributed by atoms with Crippen molar-refractivity contribution in [2.24, 2.45) is 14.1 Å². The SMILES string of the molecule is Cc1ccc(-c2ccc3c(c2)n(C)c(=O)n3C)c2cnc(-c3ccc(C(=O)NCC#Cc4ccc5occ(C6CCC(=O)NC6=O)c5c4)nc3)cc12. The van der Waals surface area contributed by atoms with E-state index in [4.69, 9.17) is 9.40 Å². The number of piperidine rings is 1. The number of carbonyl (C=O) groups excluding carboxylic acids is 3. The molecule has 1 aliphatic heterocycles. The van der Waals surface area contributed by atoms with E-state index in [2.05, 4.69) is 46.5 Å². The Morgan fingerprint density at radius 1 is 0.904 bits per heavy atom. The highest BCUT2D eigenvalue weighted by Crippen LogP contribution is 2.35. The second-order valence-electron chi connectivity index (χ2n) is 13.0. The standard InChI is InChI=1S/C41H32N6O5/c1-23-6-10-27(25-9-13-35-36(18-25)47(3)41(51)46(35)2)31-21-44-34(19-29(23)31)26-8-12-33(43-20-26)40(50)42-16-4-5-24-7-14-37-30(17-24)32(22-52-37)28-11-15-38(48)45-39(28)49/h6-10,12-14,17-22,28H,11,15-16H2,1-3H3,(H,42,50)(H,45,48,49). The summed E-state index contributed by atoms with van der Waals surface area (Å²) in [6, 6.07) is 21.2. The average molecular weight is 689 g/mol. The number of furan rings is 1. The summed E-state index contributed by atoms with van der Waals surface area (Å²) in [5.41, 5.74) is 8.59. The van der Waals surface area contributed by atoms with E-state index < -0.39 is 5.92 Å². The van der Waals surface area contributed by atoms with E-state index in [1.165, 1.54) is 0 Å². The Hall–Kier alpha value is -6.80. The van der Waals surface area contributed by atoms with Gasteiger partial charge in [-0.05, 0) is 84.0 Å². The number of imide groups is 1. The minimum Gasteiger partial charge on any atom is -0.464 e. The quantitative estimate of drug-likeness (QED) is 0.180. The Kier molecular flexibility index (Phi) is 7.99. The fraction of sp³-hybridized carbons (Fsp3) is 0.171. The molecule has 3 amide bonds. The second-order valence-corrected chi connectivity index (χ2v) is 13.0. The van der Waals surface area contributed by atoms with Gasteiger partial charge in [0.2, 0.25) is 11.8 Å². The highest BCUT2D eigenvalue weighted by molar-refractivity contribution is 6.03. The van der Waals surface area contributed by atoms with Crippen molar-refractivity contribution in [3.63, 3.8) is 0 Å². The molecule has 1 aliphatic rings. The molecular weight excluding hydrogens is 656 g/mol. The molecule has 52 heavy (non-hydrogen) atoms. The predicted molar refractivity (Wildman–Crippen MR) is 197 cm³/mol. The molecule has 1 saturated heterocycles. The maximum absolute atomic E-state index is 12.9. The molecule has 1 fully saturated rings. The first-order chi connectivity index (χ1) is 25.2. The molecule has 1 atom stereocenters. The first-order valence-electron chi connectivity index (χ1n) is 16.8. The Morgan fingerprint density at radius 3 is 2.54 bits per heavy atom. The minimum absolute atomic E-state index is 0.0672. The third-order valence-corrected chi connectivity index (χ3v) is 9.78. The Bertz CT molecular complexity index is 2740. The number of aryl methyl sites for hydroxylation is 3. The van der Waals surface area contributed by atoms with Crippen LogP contribution in [0.25, 0.3) is 55.2 Å². The number of nitrogens with zero attached hydrogens (tertiary/aromatic N) is 4. The number of nitrogens with one attached hydrogen (secondary N) is 2. The van der Waals surface area contributed by atoms with Gasteiger partial charge >= 0.3 is 5.69 Å². The van der Waals surface area contributed by atoms with E-state index in [-0.39, 0.29) is 42.1 Å². The van der Waals surface area contributed by atoms with E-state index in [9.17, 15) is 19.2 Å². The lowest BCUT2D eigenvalue weighted by atomic mass is 9.90. The zero-order valence-corrected chi connectivity index (χ0v) is 28.6. The number of rotatable bonds is 5. The number of aromatic nitrogens is 4. The topological polar surface area (TPSA) is 141 Å². The number of hydrogen-bond donors (Lipinski definition) is 2. The fourth-order valence-corrected chi connectivity index (χ4v) is 6.90. The largest absolute Gasteiger partial charge is 0.464 e. The number of carbonyl (C=O) groups is 3. The van der Waals surface area contributed by atoms with Crippen LogP contribution >= 0.6 is 0 Å². The summed E-state index contributed by atoms with van der Waals surface area (Å²) in [6.45, 7) is 2.16. The monoisotopic (exact) mass is 688 g/mol.